The second-order valence-electron chi connectivity index (χ2n) is 6.47. The predicted octanol–water partition coefficient (Wildman–Crippen LogP) is 4.24. The third kappa shape index (κ3) is 2.82. The average molecular weight is 311 g/mol. The summed E-state index contributed by atoms with van der Waals surface area (Å²) < 4.78 is 0. The fourth-order valence-corrected chi connectivity index (χ4v) is 4.12. The van der Waals surface area contributed by atoms with Crippen molar-refractivity contribution in [3.8, 4) is 0 Å². The molecule has 0 unspecified atom stereocenters. The summed E-state index contributed by atoms with van der Waals surface area (Å²) in [4.78, 5) is 13.5. The number of nitrogens with one attached hydrogen (secondary N) is 1. The minimum Gasteiger partial charge on any atom is -0.344 e. The average Bonchev–Trinajstić information content (AvgIpc) is 3.27. The Balaban J connectivity index is 1.65. The fourth-order valence-electron chi connectivity index (χ4n) is 3.31. The molecule has 1 amide bonds. The van der Waals surface area contributed by atoms with Crippen LogP contribution in [0.1, 0.15) is 53.3 Å². The van der Waals surface area contributed by atoms with E-state index in [-0.39, 0.29) is 17.9 Å². The van der Waals surface area contributed by atoms with Gasteiger partial charge in [-0.15, -0.1) is 11.3 Å². The van der Waals surface area contributed by atoms with Crippen LogP contribution in [0, 0.1) is 5.92 Å². The van der Waals surface area contributed by atoms with E-state index in [0.717, 1.165) is 12.8 Å². The van der Waals surface area contributed by atoms with Crippen LogP contribution in [0.25, 0.3) is 0 Å². The van der Waals surface area contributed by atoms with Crippen LogP contribution in [-0.4, -0.2) is 5.91 Å². The molecule has 1 aromatic heterocycles. The third-order valence-corrected chi connectivity index (χ3v) is 5.71. The van der Waals surface area contributed by atoms with Gasteiger partial charge in [-0.3, -0.25) is 4.79 Å². The van der Waals surface area contributed by atoms with E-state index in [1.165, 1.54) is 47.3 Å². The summed E-state index contributed by atoms with van der Waals surface area (Å²) in [7, 11) is 0. The Bertz CT molecular complexity index is 673. The van der Waals surface area contributed by atoms with Crippen LogP contribution in [0.4, 0.5) is 0 Å². The standard InChI is InChI=1S/C19H21NOS/c21-19(14-8-9-14)20-18(17-6-3-11-22-17)16-10-7-13-4-1-2-5-15(13)12-16/h3,6-7,10-12,14,18H,1-2,4-5,8-9H2,(H,20,21)/t18-/m0/s1. The van der Waals surface area contributed by atoms with Crippen LogP contribution >= 0.6 is 11.3 Å². The van der Waals surface area contributed by atoms with Crippen LogP contribution in [-0.2, 0) is 17.6 Å². The van der Waals surface area contributed by atoms with E-state index < -0.39 is 0 Å². The van der Waals surface area contributed by atoms with Gasteiger partial charge in [-0.2, -0.15) is 0 Å². The number of rotatable bonds is 4. The first-order valence-electron chi connectivity index (χ1n) is 8.27. The first kappa shape index (κ1) is 14.0. The van der Waals surface area contributed by atoms with Gasteiger partial charge in [0.25, 0.3) is 0 Å². The second kappa shape index (κ2) is 5.88. The number of aryl methyl sites for hydroxylation is 2. The van der Waals surface area contributed by atoms with Crippen molar-refractivity contribution in [2.45, 2.75) is 44.6 Å². The molecule has 2 aliphatic carbocycles. The van der Waals surface area contributed by atoms with E-state index in [9.17, 15) is 4.79 Å². The molecule has 2 aliphatic rings. The highest BCUT2D eigenvalue weighted by molar-refractivity contribution is 7.10. The van der Waals surface area contributed by atoms with Crippen LogP contribution < -0.4 is 5.32 Å². The van der Waals surface area contributed by atoms with Gasteiger partial charge in [0.05, 0.1) is 6.04 Å². The maximum Gasteiger partial charge on any atom is 0.223 e. The molecular formula is C19H21NOS. The maximum atomic E-state index is 12.3. The largest absolute Gasteiger partial charge is 0.344 e. The Kier molecular flexibility index (Phi) is 3.75. The molecule has 0 saturated heterocycles. The van der Waals surface area contributed by atoms with Gasteiger partial charge in [-0.05, 0) is 66.7 Å². The van der Waals surface area contributed by atoms with E-state index in [1.54, 1.807) is 11.3 Å². The zero-order chi connectivity index (χ0) is 14.9. The molecule has 1 fully saturated rings. The molecule has 1 saturated carbocycles. The molecular weight excluding hydrogens is 290 g/mol. The first-order valence-corrected chi connectivity index (χ1v) is 9.15. The number of thiophene rings is 1. The van der Waals surface area contributed by atoms with Crippen molar-refractivity contribution in [2.24, 2.45) is 5.92 Å². The molecule has 1 heterocycles. The monoisotopic (exact) mass is 311 g/mol. The lowest BCUT2D eigenvalue weighted by Crippen LogP contribution is -2.30. The van der Waals surface area contributed by atoms with Gasteiger partial charge in [-0.25, -0.2) is 0 Å². The van der Waals surface area contributed by atoms with Crippen molar-refractivity contribution in [3.05, 3.63) is 57.3 Å². The molecule has 2 nitrogen and oxygen atoms in total. The summed E-state index contributed by atoms with van der Waals surface area (Å²) in [5.74, 6) is 0.469. The van der Waals surface area contributed by atoms with Crippen LogP contribution in [0.2, 0.25) is 0 Å². The summed E-state index contributed by atoms with van der Waals surface area (Å²) in [6.07, 6.45) is 7.07. The number of carbonyl (C=O) groups is 1. The molecule has 114 valence electrons. The Labute approximate surface area is 135 Å². The van der Waals surface area contributed by atoms with Gasteiger partial charge in [0, 0.05) is 10.8 Å². The van der Waals surface area contributed by atoms with E-state index >= 15 is 0 Å². The SMILES string of the molecule is O=C(N[C@@H](c1ccc2c(c1)CCCC2)c1cccs1)C1CC1. The smallest absolute Gasteiger partial charge is 0.223 e. The lowest BCUT2D eigenvalue weighted by Gasteiger charge is -2.22. The lowest BCUT2D eigenvalue weighted by molar-refractivity contribution is -0.122. The van der Waals surface area contributed by atoms with Crippen molar-refractivity contribution >= 4 is 17.2 Å². The quantitative estimate of drug-likeness (QED) is 0.899. The molecule has 0 radical (unpaired) electrons. The van der Waals surface area contributed by atoms with Crippen LogP contribution in [0.5, 0.6) is 0 Å². The van der Waals surface area contributed by atoms with Crippen molar-refractivity contribution < 1.29 is 4.79 Å². The molecule has 0 bridgehead atoms. The van der Waals surface area contributed by atoms with Gasteiger partial charge in [0.15, 0.2) is 0 Å². The molecule has 1 aromatic carbocycles. The minimum atomic E-state index is 0.0142. The lowest BCUT2D eigenvalue weighted by atomic mass is 9.89. The topological polar surface area (TPSA) is 29.1 Å². The molecule has 4 rings (SSSR count). The van der Waals surface area contributed by atoms with Crippen LogP contribution in [0.15, 0.2) is 35.7 Å². The van der Waals surface area contributed by atoms with Crippen molar-refractivity contribution in [1.29, 1.82) is 0 Å². The molecule has 3 heteroatoms. The number of carbonyl (C=O) groups excluding carboxylic acids is 1. The van der Waals surface area contributed by atoms with Gasteiger partial charge in [0.1, 0.15) is 0 Å². The third-order valence-electron chi connectivity index (χ3n) is 4.77. The minimum absolute atomic E-state index is 0.0142. The van der Waals surface area contributed by atoms with Crippen molar-refractivity contribution in [3.63, 3.8) is 0 Å². The normalized spacial score (nSPS) is 18.5. The van der Waals surface area contributed by atoms with E-state index in [4.69, 9.17) is 0 Å². The zero-order valence-electron chi connectivity index (χ0n) is 12.7. The van der Waals surface area contributed by atoms with Gasteiger partial charge < -0.3 is 5.32 Å². The fraction of sp³-hybridized carbons (Fsp3) is 0.421. The van der Waals surface area contributed by atoms with Crippen molar-refractivity contribution in [2.75, 3.05) is 0 Å². The van der Waals surface area contributed by atoms with Crippen LogP contribution in [0.3, 0.4) is 0 Å². The maximum absolute atomic E-state index is 12.3. The summed E-state index contributed by atoms with van der Waals surface area (Å²) in [6, 6.07) is 11.0. The first-order chi connectivity index (χ1) is 10.8. The second-order valence-corrected chi connectivity index (χ2v) is 7.45. The highest BCUT2D eigenvalue weighted by Gasteiger charge is 2.32. The molecule has 1 N–H and O–H groups in total. The number of fused-ring (bicyclic) bond motifs is 1. The highest BCUT2D eigenvalue weighted by atomic mass is 32.1. The summed E-state index contributed by atoms with van der Waals surface area (Å²) in [5, 5.41) is 5.36. The number of hydrogen-bond acceptors (Lipinski definition) is 2. The molecule has 2 aromatic rings. The Hall–Kier alpha value is -1.61. The highest BCUT2D eigenvalue weighted by Crippen LogP contribution is 2.33. The zero-order valence-corrected chi connectivity index (χ0v) is 13.5. The molecule has 0 aliphatic heterocycles. The van der Waals surface area contributed by atoms with Gasteiger partial charge in [0.2, 0.25) is 5.91 Å². The molecule has 1 atom stereocenters. The Morgan fingerprint density at radius 1 is 1.14 bits per heavy atom. The van der Waals surface area contributed by atoms with E-state index in [0.29, 0.717) is 0 Å². The number of benzene rings is 1. The predicted molar refractivity (Wildman–Crippen MR) is 90.1 cm³/mol. The summed E-state index contributed by atoms with van der Waals surface area (Å²) >= 11 is 1.72. The Morgan fingerprint density at radius 2 is 1.95 bits per heavy atom. The van der Waals surface area contributed by atoms with E-state index in [1.807, 2.05) is 0 Å². The number of hydrogen-bond donors (Lipinski definition) is 1. The van der Waals surface area contributed by atoms with E-state index in [2.05, 4.69) is 41.0 Å². The Morgan fingerprint density at radius 3 is 2.68 bits per heavy atom. The van der Waals surface area contributed by atoms with Crippen molar-refractivity contribution in [1.82, 2.24) is 5.32 Å². The van der Waals surface area contributed by atoms with Gasteiger partial charge in [-0.1, -0.05) is 24.3 Å². The number of amides is 1. The van der Waals surface area contributed by atoms with Gasteiger partial charge >= 0.3 is 0 Å². The molecule has 0 spiro atoms. The summed E-state index contributed by atoms with van der Waals surface area (Å²) in [5.41, 5.74) is 4.21. The summed E-state index contributed by atoms with van der Waals surface area (Å²) in [6.45, 7) is 0. The molecule has 22 heavy (non-hydrogen) atoms.